The van der Waals surface area contributed by atoms with Crippen LogP contribution in [0.4, 0.5) is 19.8 Å². The van der Waals surface area contributed by atoms with Crippen LogP contribution in [0, 0.1) is 18.7 Å². The SMILES string of the molecule is Cc1cc(CC2CN(C(=O)OC(C)(C)C)CC2OCC(=O)NCCc2cccc(F)c2)nc(NC(=O)OC(C)(C)CCc2ccccc2)c1. The average Bonchev–Trinajstić information content (AvgIpc) is 3.41. The maximum atomic E-state index is 13.5. The van der Waals surface area contributed by atoms with Gasteiger partial charge in [-0.3, -0.25) is 10.1 Å². The average molecular weight is 677 g/mol. The zero-order valence-electron chi connectivity index (χ0n) is 29.4. The minimum Gasteiger partial charge on any atom is -0.444 e. The van der Waals surface area contributed by atoms with Crippen molar-refractivity contribution < 1.29 is 33.0 Å². The number of rotatable bonds is 13. The zero-order valence-corrected chi connectivity index (χ0v) is 29.4. The molecule has 0 aliphatic carbocycles. The fourth-order valence-electron chi connectivity index (χ4n) is 5.67. The number of hydrogen-bond donors (Lipinski definition) is 2. The minimum atomic E-state index is -0.697. The lowest BCUT2D eigenvalue weighted by Gasteiger charge is -2.25. The van der Waals surface area contributed by atoms with Gasteiger partial charge in [-0.2, -0.15) is 0 Å². The van der Waals surface area contributed by atoms with Gasteiger partial charge >= 0.3 is 12.2 Å². The molecule has 1 fully saturated rings. The number of likely N-dealkylation sites (tertiary alicyclic amines) is 1. The van der Waals surface area contributed by atoms with Crippen LogP contribution in [0.5, 0.6) is 0 Å². The molecule has 2 N–H and O–H groups in total. The Kier molecular flexibility index (Phi) is 12.7. The fourth-order valence-corrected chi connectivity index (χ4v) is 5.67. The van der Waals surface area contributed by atoms with Crippen LogP contribution in [0.3, 0.4) is 0 Å². The molecular weight excluding hydrogens is 627 g/mol. The molecule has 0 saturated carbocycles. The van der Waals surface area contributed by atoms with Crippen molar-refractivity contribution in [3.63, 3.8) is 0 Å². The summed E-state index contributed by atoms with van der Waals surface area (Å²) in [5.41, 5.74) is 2.17. The van der Waals surface area contributed by atoms with E-state index < -0.39 is 29.5 Å². The molecular formula is C38H49FN4O6. The lowest BCUT2D eigenvalue weighted by Crippen LogP contribution is -2.36. The number of aromatic nitrogens is 1. The predicted octanol–water partition coefficient (Wildman–Crippen LogP) is 6.64. The van der Waals surface area contributed by atoms with E-state index in [9.17, 15) is 18.8 Å². The van der Waals surface area contributed by atoms with E-state index in [1.165, 1.54) is 17.7 Å². The van der Waals surface area contributed by atoms with E-state index in [0.717, 1.165) is 17.5 Å². The van der Waals surface area contributed by atoms with Crippen molar-refractivity contribution in [2.75, 3.05) is 31.6 Å². The van der Waals surface area contributed by atoms with Crippen molar-refractivity contribution in [1.82, 2.24) is 15.2 Å². The van der Waals surface area contributed by atoms with E-state index in [1.54, 1.807) is 43.9 Å². The molecule has 2 atom stereocenters. The highest BCUT2D eigenvalue weighted by Crippen LogP contribution is 2.27. The molecule has 1 saturated heterocycles. The van der Waals surface area contributed by atoms with Crippen LogP contribution >= 0.6 is 0 Å². The summed E-state index contributed by atoms with van der Waals surface area (Å²) in [6, 6.07) is 20.0. The Bertz CT molecular complexity index is 1580. The van der Waals surface area contributed by atoms with E-state index in [4.69, 9.17) is 14.2 Å². The number of nitrogens with one attached hydrogen (secondary N) is 2. The number of ether oxygens (including phenoxy) is 3. The van der Waals surface area contributed by atoms with E-state index in [1.807, 2.05) is 57.2 Å². The molecule has 1 aromatic heterocycles. The third-order valence-corrected chi connectivity index (χ3v) is 8.04. The third kappa shape index (κ3) is 12.8. The Morgan fingerprint density at radius 1 is 0.918 bits per heavy atom. The molecule has 11 heteroatoms. The quantitative estimate of drug-likeness (QED) is 0.208. The van der Waals surface area contributed by atoms with Gasteiger partial charge in [-0.1, -0.05) is 42.5 Å². The van der Waals surface area contributed by atoms with Gasteiger partial charge in [-0.15, -0.1) is 0 Å². The highest BCUT2D eigenvalue weighted by atomic mass is 19.1. The van der Waals surface area contributed by atoms with Gasteiger partial charge in [0, 0.05) is 24.7 Å². The fraction of sp³-hybridized carbons (Fsp3) is 0.474. The molecule has 264 valence electrons. The summed E-state index contributed by atoms with van der Waals surface area (Å²) in [5, 5.41) is 5.59. The molecule has 2 aromatic carbocycles. The highest BCUT2D eigenvalue weighted by Gasteiger charge is 2.38. The van der Waals surface area contributed by atoms with Crippen molar-refractivity contribution in [2.24, 2.45) is 5.92 Å². The van der Waals surface area contributed by atoms with Gasteiger partial charge in [0.1, 0.15) is 29.4 Å². The number of nitrogens with zero attached hydrogens (tertiary/aromatic N) is 2. The lowest BCUT2D eigenvalue weighted by atomic mass is 9.98. The van der Waals surface area contributed by atoms with Gasteiger partial charge in [-0.25, -0.2) is 19.0 Å². The summed E-state index contributed by atoms with van der Waals surface area (Å²) < 4.78 is 30.9. The molecule has 2 unspecified atom stereocenters. The highest BCUT2D eigenvalue weighted by molar-refractivity contribution is 5.83. The number of halogens is 1. The van der Waals surface area contributed by atoms with Crippen LogP contribution in [-0.4, -0.2) is 71.5 Å². The van der Waals surface area contributed by atoms with Crippen LogP contribution in [0.15, 0.2) is 66.7 Å². The molecule has 4 rings (SSSR count). The summed E-state index contributed by atoms with van der Waals surface area (Å²) in [7, 11) is 0. The van der Waals surface area contributed by atoms with Gasteiger partial charge < -0.3 is 24.4 Å². The van der Waals surface area contributed by atoms with Crippen molar-refractivity contribution in [2.45, 2.75) is 84.5 Å². The summed E-state index contributed by atoms with van der Waals surface area (Å²) in [6.45, 7) is 11.8. The second-order valence-electron chi connectivity index (χ2n) is 14.2. The molecule has 2 heterocycles. The Hall–Kier alpha value is -4.51. The molecule has 1 aliphatic heterocycles. The smallest absolute Gasteiger partial charge is 0.413 e. The molecule has 3 aromatic rings. The predicted molar refractivity (Wildman–Crippen MR) is 186 cm³/mol. The summed E-state index contributed by atoms with van der Waals surface area (Å²) >= 11 is 0. The summed E-state index contributed by atoms with van der Waals surface area (Å²) in [4.78, 5) is 44.8. The number of hydrogen-bond acceptors (Lipinski definition) is 7. The largest absolute Gasteiger partial charge is 0.444 e. The van der Waals surface area contributed by atoms with Crippen LogP contribution in [0.2, 0.25) is 0 Å². The minimum absolute atomic E-state index is 0.196. The lowest BCUT2D eigenvalue weighted by molar-refractivity contribution is -0.128. The Labute approximate surface area is 288 Å². The van der Waals surface area contributed by atoms with Crippen LogP contribution in [0.1, 0.15) is 63.4 Å². The second kappa shape index (κ2) is 16.7. The third-order valence-electron chi connectivity index (χ3n) is 8.04. The van der Waals surface area contributed by atoms with E-state index in [-0.39, 0.29) is 30.8 Å². The van der Waals surface area contributed by atoms with Crippen LogP contribution in [-0.2, 0) is 38.3 Å². The molecule has 1 aliphatic rings. The zero-order chi connectivity index (χ0) is 35.6. The maximum Gasteiger partial charge on any atom is 0.413 e. The molecule has 0 radical (unpaired) electrons. The Morgan fingerprint density at radius 3 is 2.37 bits per heavy atom. The van der Waals surface area contributed by atoms with Gasteiger partial charge in [0.05, 0.1) is 12.6 Å². The molecule has 10 nitrogen and oxygen atoms in total. The first-order chi connectivity index (χ1) is 23.1. The van der Waals surface area contributed by atoms with E-state index in [2.05, 4.69) is 15.6 Å². The van der Waals surface area contributed by atoms with Gasteiger partial charge in [0.2, 0.25) is 5.91 Å². The number of carbonyl (C=O) groups excluding carboxylic acids is 3. The van der Waals surface area contributed by atoms with Crippen LogP contribution < -0.4 is 10.6 Å². The van der Waals surface area contributed by atoms with E-state index in [0.29, 0.717) is 43.9 Å². The number of benzene rings is 2. The molecule has 0 bridgehead atoms. The first-order valence-electron chi connectivity index (χ1n) is 16.8. The number of carbonyl (C=O) groups is 3. The molecule has 49 heavy (non-hydrogen) atoms. The Balaban J connectivity index is 1.36. The number of pyridine rings is 1. The number of aryl methyl sites for hydroxylation is 2. The second-order valence-corrected chi connectivity index (χ2v) is 14.2. The van der Waals surface area contributed by atoms with Gasteiger partial charge in [0.15, 0.2) is 0 Å². The Morgan fingerprint density at radius 2 is 1.65 bits per heavy atom. The molecule has 3 amide bonds. The van der Waals surface area contributed by atoms with Crippen molar-refractivity contribution in [1.29, 1.82) is 0 Å². The number of amides is 3. The number of anilines is 1. The maximum absolute atomic E-state index is 13.5. The first kappa shape index (κ1) is 37.3. The van der Waals surface area contributed by atoms with Crippen molar-refractivity contribution in [3.8, 4) is 0 Å². The normalized spacial score (nSPS) is 16.3. The monoisotopic (exact) mass is 676 g/mol. The van der Waals surface area contributed by atoms with Crippen molar-refractivity contribution >= 4 is 23.9 Å². The van der Waals surface area contributed by atoms with E-state index >= 15 is 0 Å². The summed E-state index contributed by atoms with van der Waals surface area (Å²) in [6.07, 6.45) is 0.823. The van der Waals surface area contributed by atoms with Gasteiger partial charge in [-0.05, 0) is 108 Å². The first-order valence-corrected chi connectivity index (χ1v) is 16.8. The van der Waals surface area contributed by atoms with Crippen LogP contribution in [0.25, 0.3) is 0 Å². The molecule has 0 spiro atoms. The van der Waals surface area contributed by atoms with Gasteiger partial charge in [0.25, 0.3) is 0 Å². The topological polar surface area (TPSA) is 119 Å². The van der Waals surface area contributed by atoms with Crippen molar-refractivity contribution in [3.05, 3.63) is 94.9 Å². The standard InChI is InChI=1S/C38H49FN4O6/c1-26-19-31(41-33(20-26)42-35(45)48-38(5,6)17-15-27-11-8-7-9-12-27)22-29-23-43(36(46)49-37(2,3)4)24-32(29)47-25-34(44)40-18-16-28-13-10-14-30(39)21-28/h7-14,19-21,29,32H,15-18,22-25H2,1-6H3,(H,40,44)(H,41,42,45). The summed E-state index contributed by atoms with van der Waals surface area (Å²) in [5.74, 6) is -0.468.